The monoisotopic (exact) mass is 292 g/mol. The maximum atomic E-state index is 11.5. The highest BCUT2D eigenvalue weighted by molar-refractivity contribution is 5.92. The number of benzene rings is 1. The van der Waals surface area contributed by atoms with Crippen LogP contribution in [0.15, 0.2) is 18.2 Å². The van der Waals surface area contributed by atoms with E-state index in [1.54, 1.807) is 12.1 Å². The van der Waals surface area contributed by atoms with Gasteiger partial charge in [-0.05, 0) is 24.6 Å². The summed E-state index contributed by atoms with van der Waals surface area (Å²) in [5.41, 5.74) is 8.02. The lowest BCUT2D eigenvalue weighted by molar-refractivity contribution is -0.161. The number of methoxy groups -OCH3 is 1. The predicted octanol–water partition coefficient (Wildman–Crippen LogP) is 1.40. The average molecular weight is 292 g/mol. The summed E-state index contributed by atoms with van der Waals surface area (Å²) in [6.07, 6.45) is 1.89. The highest BCUT2D eigenvalue weighted by Crippen LogP contribution is 2.34. The van der Waals surface area contributed by atoms with Gasteiger partial charge in [0.1, 0.15) is 0 Å². The lowest BCUT2D eigenvalue weighted by Gasteiger charge is -2.40. The van der Waals surface area contributed by atoms with E-state index in [1.165, 1.54) is 7.11 Å². The van der Waals surface area contributed by atoms with Crippen molar-refractivity contribution in [3.8, 4) is 0 Å². The van der Waals surface area contributed by atoms with Gasteiger partial charge < -0.3 is 24.8 Å². The van der Waals surface area contributed by atoms with Gasteiger partial charge in [-0.3, -0.25) is 0 Å². The Morgan fingerprint density at radius 1 is 1.38 bits per heavy atom. The largest absolute Gasteiger partial charge is 0.465 e. The number of hydrogen-bond donors (Lipinski definition) is 1. The molecule has 2 heterocycles. The summed E-state index contributed by atoms with van der Waals surface area (Å²) < 4.78 is 16.3. The average Bonchev–Trinajstić information content (AvgIpc) is 2.94. The Kier molecular flexibility index (Phi) is 3.73. The highest BCUT2D eigenvalue weighted by atomic mass is 16.7. The molecule has 0 amide bonds. The van der Waals surface area contributed by atoms with Gasteiger partial charge in [-0.1, -0.05) is 0 Å². The van der Waals surface area contributed by atoms with Crippen LogP contribution in [0.1, 0.15) is 23.2 Å². The van der Waals surface area contributed by atoms with E-state index < -0.39 is 5.79 Å². The molecule has 0 atom stereocenters. The lowest BCUT2D eigenvalue weighted by Crippen LogP contribution is -2.49. The number of nitrogens with zero attached hydrogens (tertiary/aromatic N) is 1. The molecule has 2 aliphatic rings. The number of piperidine rings is 1. The van der Waals surface area contributed by atoms with Gasteiger partial charge in [0.2, 0.25) is 0 Å². The minimum absolute atomic E-state index is 0.383. The van der Waals surface area contributed by atoms with E-state index in [-0.39, 0.29) is 5.97 Å². The summed E-state index contributed by atoms with van der Waals surface area (Å²) in [6.45, 7) is 2.85. The first-order valence-corrected chi connectivity index (χ1v) is 7.14. The zero-order valence-electron chi connectivity index (χ0n) is 12.1. The van der Waals surface area contributed by atoms with Gasteiger partial charge in [-0.15, -0.1) is 0 Å². The summed E-state index contributed by atoms with van der Waals surface area (Å²) >= 11 is 0. The summed E-state index contributed by atoms with van der Waals surface area (Å²) in [5.74, 6) is -0.878. The fourth-order valence-electron chi connectivity index (χ4n) is 3.01. The Morgan fingerprint density at radius 2 is 2.14 bits per heavy atom. The van der Waals surface area contributed by atoms with Crippen molar-refractivity contribution in [1.29, 1.82) is 0 Å². The molecular weight excluding hydrogens is 272 g/mol. The number of esters is 1. The molecule has 0 saturated carbocycles. The molecule has 0 radical (unpaired) electrons. The van der Waals surface area contributed by atoms with Crippen molar-refractivity contribution >= 4 is 17.3 Å². The molecule has 2 N–H and O–H groups in total. The van der Waals surface area contributed by atoms with Gasteiger partial charge in [0.05, 0.1) is 43.8 Å². The van der Waals surface area contributed by atoms with E-state index in [4.69, 9.17) is 19.9 Å². The lowest BCUT2D eigenvalue weighted by atomic mass is 10.0. The number of carbonyl (C=O) groups excluding carboxylic acids is 1. The van der Waals surface area contributed by atoms with Crippen LogP contribution in [0.4, 0.5) is 11.4 Å². The van der Waals surface area contributed by atoms with Gasteiger partial charge in [0.15, 0.2) is 5.79 Å². The van der Waals surface area contributed by atoms with Crippen molar-refractivity contribution in [2.75, 3.05) is 44.0 Å². The van der Waals surface area contributed by atoms with E-state index in [9.17, 15) is 4.79 Å². The molecule has 0 aliphatic carbocycles. The molecule has 2 saturated heterocycles. The second kappa shape index (κ2) is 5.54. The predicted molar refractivity (Wildman–Crippen MR) is 78.3 cm³/mol. The maximum absolute atomic E-state index is 11.5. The molecule has 114 valence electrons. The van der Waals surface area contributed by atoms with E-state index in [2.05, 4.69) is 4.90 Å². The smallest absolute Gasteiger partial charge is 0.337 e. The molecule has 6 heteroatoms. The van der Waals surface area contributed by atoms with Crippen LogP contribution in [-0.2, 0) is 14.2 Å². The van der Waals surface area contributed by atoms with Crippen molar-refractivity contribution in [2.24, 2.45) is 0 Å². The molecule has 1 spiro atoms. The summed E-state index contributed by atoms with van der Waals surface area (Å²) in [4.78, 5) is 13.7. The fraction of sp³-hybridized carbons (Fsp3) is 0.533. The van der Waals surface area contributed by atoms with Crippen LogP contribution < -0.4 is 10.6 Å². The van der Waals surface area contributed by atoms with Gasteiger partial charge in [0, 0.05) is 13.0 Å². The van der Waals surface area contributed by atoms with Crippen LogP contribution in [0.3, 0.4) is 0 Å². The van der Waals surface area contributed by atoms with Crippen LogP contribution in [0.2, 0.25) is 0 Å². The Hall–Kier alpha value is -1.79. The topological polar surface area (TPSA) is 74.0 Å². The number of nitrogen functional groups attached to an aromatic ring is 1. The van der Waals surface area contributed by atoms with E-state index in [1.807, 2.05) is 6.07 Å². The van der Waals surface area contributed by atoms with Crippen LogP contribution in [0, 0.1) is 0 Å². The van der Waals surface area contributed by atoms with Crippen LogP contribution in [0.25, 0.3) is 0 Å². The van der Waals surface area contributed by atoms with Crippen LogP contribution in [0.5, 0.6) is 0 Å². The third-order valence-electron chi connectivity index (χ3n) is 4.02. The first-order chi connectivity index (χ1) is 10.1. The molecule has 3 rings (SSSR count). The van der Waals surface area contributed by atoms with Crippen molar-refractivity contribution in [3.05, 3.63) is 23.8 Å². The van der Waals surface area contributed by atoms with Gasteiger partial charge in [0.25, 0.3) is 0 Å². The number of hydrogen-bond acceptors (Lipinski definition) is 6. The second-order valence-electron chi connectivity index (χ2n) is 5.40. The molecule has 2 aliphatic heterocycles. The molecule has 0 unspecified atom stereocenters. The van der Waals surface area contributed by atoms with Crippen molar-refractivity contribution in [1.82, 2.24) is 0 Å². The number of anilines is 2. The normalized spacial score (nSPS) is 20.7. The van der Waals surface area contributed by atoms with Gasteiger partial charge in [-0.25, -0.2) is 4.79 Å². The van der Waals surface area contributed by atoms with Crippen molar-refractivity contribution in [3.63, 3.8) is 0 Å². The SMILES string of the molecule is COC(=O)c1ccc(N2CCCC3(C2)OCCO3)c(N)c1. The van der Waals surface area contributed by atoms with Crippen LogP contribution in [-0.4, -0.2) is 45.2 Å². The zero-order valence-corrected chi connectivity index (χ0v) is 12.1. The number of ether oxygens (including phenoxy) is 3. The number of carbonyl (C=O) groups is 1. The first kappa shape index (κ1) is 14.2. The molecule has 21 heavy (non-hydrogen) atoms. The summed E-state index contributed by atoms with van der Waals surface area (Å²) in [7, 11) is 1.36. The quantitative estimate of drug-likeness (QED) is 0.656. The fourth-order valence-corrected chi connectivity index (χ4v) is 3.01. The van der Waals surface area contributed by atoms with Gasteiger partial charge in [-0.2, -0.15) is 0 Å². The third-order valence-corrected chi connectivity index (χ3v) is 4.02. The molecule has 1 aromatic carbocycles. The molecule has 1 aromatic rings. The zero-order chi connectivity index (χ0) is 14.9. The molecule has 2 fully saturated rings. The molecular formula is C15H20N2O4. The number of nitrogens with two attached hydrogens (primary N) is 1. The van der Waals surface area contributed by atoms with Crippen LogP contribution >= 0.6 is 0 Å². The Balaban J connectivity index is 1.81. The van der Waals surface area contributed by atoms with Crippen molar-refractivity contribution < 1.29 is 19.0 Å². The van der Waals surface area contributed by atoms with E-state index in [0.29, 0.717) is 31.0 Å². The first-order valence-electron chi connectivity index (χ1n) is 7.14. The third kappa shape index (κ3) is 2.69. The van der Waals surface area contributed by atoms with Gasteiger partial charge >= 0.3 is 5.97 Å². The summed E-state index contributed by atoms with van der Waals surface area (Å²) in [5, 5.41) is 0. The van der Waals surface area contributed by atoms with E-state index in [0.717, 1.165) is 25.1 Å². The minimum Gasteiger partial charge on any atom is -0.465 e. The summed E-state index contributed by atoms with van der Waals surface area (Å²) in [6, 6.07) is 5.24. The number of rotatable bonds is 2. The van der Waals surface area contributed by atoms with Crippen molar-refractivity contribution in [2.45, 2.75) is 18.6 Å². The molecule has 0 bridgehead atoms. The molecule has 6 nitrogen and oxygen atoms in total. The highest BCUT2D eigenvalue weighted by Gasteiger charge is 2.41. The Morgan fingerprint density at radius 3 is 2.81 bits per heavy atom. The second-order valence-corrected chi connectivity index (χ2v) is 5.40. The Bertz CT molecular complexity index is 540. The maximum Gasteiger partial charge on any atom is 0.337 e. The van der Waals surface area contributed by atoms with E-state index >= 15 is 0 Å². The Labute approximate surface area is 123 Å². The molecule has 0 aromatic heterocycles. The standard InChI is InChI=1S/C15H20N2O4/c1-19-14(18)11-3-4-13(12(16)9-11)17-6-2-5-15(10-17)20-7-8-21-15/h3-4,9H,2,5-8,10,16H2,1H3. The minimum atomic E-state index is -0.494.